The van der Waals surface area contributed by atoms with Crippen molar-refractivity contribution in [2.45, 2.75) is 39.3 Å². The van der Waals surface area contributed by atoms with E-state index in [2.05, 4.69) is 10.1 Å². The maximum Gasteiger partial charge on any atom is 0.268 e. The van der Waals surface area contributed by atoms with Crippen LogP contribution in [0.15, 0.2) is 16.7 Å². The van der Waals surface area contributed by atoms with Crippen LogP contribution in [0.5, 0.6) is 0 Å². The molecule has 0 aromatic carbocycles. The third-order valence-electron chi connectivity index (χ3n) is 2.60. The molecule has 0 saturated heterocycles. The van der Waals surface area contributed by atoms with Crippen molar-refractivity contribution in [1.82, 2.24) is 10.1 Å². The SMILES string of the molecule is Cc1ccc(-c2nc(C(C)(N)COC(C)C)no2)s1. The number of ether oxygens (including phenoxy) is 1. The average molecular weight is 281 g/mol. The molecular weight excluding hydrogens is 262 g/mol. The maximum absolute atomic E-state index is 6.18. The Balaban J connectivity index is 2.16. The van der Waals surface area contributed by atoms with Gasteiger partial charge < -0.3 is 15.0 Å². The van der Waals surface area contributed by atoms with Crippen molar-refractivity contribution in [3.05, 3.63) is 22.8 Å². The van der Waals surface area contributed by atoms with E-state index in [1.807, 2.05) is 39.8 Å². The second kappa shape index (κ2) is 5.40. The Hall–Kier alpha value is -1.24. The van der Waals surface area contributed by atoms with Crippen molar-refractivity contribution in [3.8, 4) is 10.8 Å². The molecule has 0 spiro atoms. The molecule has 104 valence electrons. The molecule has 0 amide bonds. The second-order valence-corrected chi connectivity index (χ2v) is 6.40. The van der Waals surface area contributed by atoms with Gasteiger partial charge in [0.05, 0.1) is 17.6 Å². The zero-order valence-electron chi connectivity index (χ0n) is 11.6. The van der Waals surface area contributed by atoms with Crippen molar-refractivity contribution >= 4 is 11.3 Å². The summed E-state index contributed by atoms with van der Waals surface area (Å²) in [4.78, 5) is 6.53. The van der Waals surface area contributed by atoms with E-state index in [0.717, 1.165) is 4.88 Å². The number of nitrogens with zero attached hydrogens (tertiary/aromatic N) is 2. The fourth-order valence-electron chi connectivity index (χ4n) is 1.51. The highest BCUT2D eigenvalue weighted by Crippen LogP contribution is 2.27. The number of hydrogen-bond acceptors (Lipinski definition) is 6. The van der Waals surface area contributed by atoms with Gasteiger partial charge in [-0.05, 0) is 39.8 Å². The molecule has 0 bridgehead atoms. The van der Waals surface area contributed by atoms with E-state index in [1.54, 1.807) is 11.3 Å². The highest BCUT2D eigenvalue weighted by Gasteiger charge is 2.28. The predicted molar refractivity (Wildman–Crippen MR) is 75.0 cm³/mol. The van der Waals surface area contributed by atoms with E-state index in [1.165, 1.54) is 4.88 Å². The number of hydrogen-bond donors (Lipinski definition) is 1. The highest BCUT2D eigenvalue weighted by molar-refractivity contribution is 7.15. The van der Waals surface area contributed by atoms with Crippen LogP contribution in [0.2, 0.25) is 0 Å². The van der Waals surface area contributed by atoms with Crippen LogP contribution in [0, 0.1) is 6.92 Å². The van der Waals surface area contributed by atoms with Crippen LogP contribution in [0.4, 0.5) is 0 Å². The fourth-order valence-corrected chi connectivity index (χ4v) is 2.30. The van der Waals surface area contributed by atoms with Crippen molar-refractivity contribution in [3.63, 3.8) is 0 Å². The molecule has 1 atom stereocenters. The number of aromatic nitrogens is 2. The Labute approximate surface area is 116 Å². The van der Waals surface area contributed by atoms with Crippen molar-refractivity contribution in [2.75, 3.05) is 6.61 Å². The minimum absolute atomic E-state index is 0.120. The summed E-state index contributed by atoms with van der Waals surface area (Å²) >= 11 is 1.61. The van der Waals surface area contributed by atoms with Crippen LogP contribution in [0.3, 0.4) is 0 Å². The lowest BCUT2D eigenvalue weighted by atomic mass is 10.1. The molecule has 0 aliphatic heterocycles. The van der Waals surface area contributed by atoms with Gasteiger partial charge in [-0.2, -0.15) is 4.98 Å². The molecule has 5 nitrogen and oxygen atoms in total. The van der Waals surface area contributed by atoms with Gasteiger partial charge >= 0.3 is 0 Å². The van der Waals surface area contributed by atoms with Crippen LogP contribution >= 0.6 is 11.3 Å². The Morgan fingerprint density at radius 3 is 2.79 bits per heavy atom. The Kier molecular flexibility index (Phi) is 4.03. The third-order valence-corrected chi connectivity index (χ3v) is 3.59. The second-order valence-electron chi connectivity index (χ2n) is 5.11. The molecule has 0 radical (unpaired) electrons. The molecule has 2 aromatic heterocycles. The van der Waals surface area contributed by atoms with E-state index in [0.29, 0.717) is 18.3 Å². The predicted octanol–water partition coefficient (Wildman–Crippen LogP) is 2.71. The van der Waals surface area contributed by atoms with Gasteiger partial charge in [0.15, 0.2) is 5.82 Å². The van der Waals surface area contributed by atoms with Crippen LogP contribution in [0.25, 0.3) is 10.8 Å². The van der Waals surface area contributed by atoms with Crippen molar-refractivity contribution in [2.24, 2.45) is 5.73 Å². The van der Waals surface area contributed by atoms with Crippen molar-refractivity contribution < 1.29 is 9.26 Å². The molecule has 2 aromatic rings. The smallest absolute Gasteiger partial charge is 0.268 e. The van der Waals surface area contributed by atoms with E-state index in [4.69, 9.17) is 15.0 Å². The standard InChI is InChI=1S/C13H19N3O2S/c1-8(2)17-7-13(4,14)12-15-11(18-16-12)10-6-5-9(3)19-10/h5-6,8H,7,14H2,1-4H3. The van der Waals surface area contributed by atoms with E-state index >= 15 is 0 Å². The first-order chi connectivity index (χ1) is 8.88. The zero-order chi connectivity index (χ0) is 14.0. The monoisotopic (exact) mass is 281 g/mol. The number of rotatable bonds is 5. The molecule has 19 heavy (non-hydrogen) atoms. The molecule has 0 aliphatic carbocycles. The lowest BCUT2D eigenvalue weighted by Crippen LogP contribution is -2.40. The number of nitrogens with two attached hydrogens (primary N) is 1. The third kappa shape index (κ3) is 3.40. The maximum atomic E-state index is 6.18. The summed E-state index contributed by atoms with van der Waals surface area (Å²) in [6.07, 6.45) is 0.120. The first-order valence-electron chi connectivity index (χ1n) is 6.20. The Morgan fingerprint density at radius 1 is 1.47 bits per heavy atom. The van der Waals surface area contributed by atoms with Gasteiger partial charge in [-0.25, -0.2) is 0 Å². The fraction of sp³-hybridized carbons (Fsp3) is 0.538. The average Bonchev–Trinajstić information content (AvgIpc) is 2.94. The normalized spacial score (nSPS) is 14.8. The molecular formula is C13H19N3O2S. The lowest BCUT2D eigenvalue weighted by Gasteiger charge is -2.21. The molecule has 2 heterocycles. The molecule has 2 N–H and O–H groups in total. The van der Waals surface area contributed by atoms with Gasteiger partial charge in [0.2, 0.25) is 0 Å². The summed E-state index contributed by atoms with van der Waals surface area (Å²) in [6, 6.07) is 3.99. The first kappa shape index (κ1) is 14.2. The summed E-state index contributed by atoms with van der Waals surface area (Å²) in [5.41, 5.74) is 5.42. The van der Waals surface area contributed by atoms with Crippen LogP contribution in [-0.4, -0.2) is 22.9 Å². The number of aryl methyl sites for hydroxylation is 1. The highest BCUT2D eigenvalue weighted by atomic mass is 32.1. The summed E-state index contributed by atoms with van der Waals surface area (Å²) in [7, 11) is 0. The molecule has 0 saturated carbocycles. The zero-order valence-corrected chi connectivity index (χ0v) is 12.5. The molecule has 2 rings (SSSR count). The minimum atomic E-state index is -0.752. The summed E-state index contributed by atoms with van der Waals surface area (Å²) in [6.45, 7) is 8.16. The summed E-state index contributed by atoms with van der Waals surface area (Å²) in [5.74, 6) is 0.975. The molecule has 0 fully saturated rings. The van der Waals surface area contributed by atoms with E-state index in [-0.39, 0.29) is 6.10 Å². The topological polar surface area (TPSA) is 74.2 Å². The molecule has 1 unspecified atom stereocenters. The summed E-state index contributed by atoms with van der Waals surface area (Å²) in [5, 5.41) is 3.97. The minimum Gasteiger partial charge on any atom is -0.376 e. The molecule has 6 heteroatoms. The first-order valence-corrected chi connectivity index (χ1v) is 7.01. The van der Waals surface area contributed by atoms with E-state index < -0.39 is 5.54 Å². The largest absolute Gasteiger partial charge is 0.376 e. The quantitative estimate of drug-likeness (QED) is 0.912. The van der Waals surface area contributed by atoms with Crippen LogP contribution < -0.4 is 5.73 Å². The van der Waals surface area contributed by atoms with E-state index in [9.17, 15) is 0 Å². The van der Waals surface area contributed by atoms with Crippen molar-refractivity contribution in [1.29, 1.82) is 0 Å². The van der Waals surface area contributed by atoms with Gasteiger partial charge in [-0.3, -0.25) is 0 Å². The van der Waals surface area contributed by atoms with Gasteiger partial charge in [-0.1, -0.05) is 5.16 Å². The Morgan fingerprint density at radius 2 is 2.21 bits per heavy atom. The van der Waals surface area contributed by atoms with Gasteiger partial charge in [-0.15, -0.1) is 11.3 Å². The van der Waals surface area contributed by atoms with Gasteiger partial charge in [0.1, 0.15) is 5.54 Å². The molecule has 0 aliphatic rings. The van der Waals surface area contributed by atoms with Crippen LogP contribution in [0.1, 0.15) is 31.5 Å². The van der Waals surface area contributed by atoms with Gasteiger partial charge in [0.25, 0.3) is 5.89 Å². The van der Waals surface area contributed by atoms with Gasteiger partial charge in [0, 0.05) is 4.88 Å². The lowest BCUT2D eigenvalue weighted by molar-refractivity contribution is 0.0410. The van der Waals surface area contributed by atoms with Crippen LogP contribution in [-0.2, 0) is 10.3 Å². The Bertz CT molecular complexity index is 546. The summed E-state index contributed by atoms with van der Waals surface area (Å²) < 4.78 is 10.8. The number of thiophene rings is 1.